The summed E-state index contributed by atoms with van der Waals surface area (Å²) >= 11 is 1.56. The normalized spacial score (nSPS) is 15.6. The van der Waals surface area contributed by atoms with E-state index in [0.29, 0.717) is 42.5 Å². The largest absolute Gasteiger partial charge is 0.486 e. The van der Waals surface area contributed by atoms with Crippen molar-refractivity contribution in [2.75, 3.05) is 18.5 Å². The van der Waals surface area contributed by atoms with Gasteiger partial charge in [0.05, 0.1) is 12.5 Å². The molecule has 30 heavy (non-hydrogen) atoms. The predicted octanol–water partition coefficient (Wildman–Crippen LogP) is 4.25. The van der Waals surface area contributed by atoms with Gasteiger partial charge in [0.1, 0.15) is 13.2 Å². The number of hydrogen-bond donors (Lipinski definition) is 1. The van der Waals surface area contributed by atoms with Crippen LogP contribution in [0, 0.1) is 0 Å². The average molecular weight is 420 g/mol. The van der Waals surface area contributed by atoms with Crippen molar-refractivity contribution in [1.82, 2.24) is 4.90 Å². The first kappa shape index (κ1) is 18.7. The number of fused-ring (bicyclic) bond motifs is 2. The molecule has 2 amide bonds. The number of thiophene rings is 1. The zero-order valence-electron chi connectivity index (χ0n) is 16.2. The number of carbonyl (C=O) groups excluding carboxylic acids is 2. The summed E-state index contributed by atoms with van der Waals surface area (Å²) in [4.78, 5) is 28.7. The summed E-state index contributed by atoms with van der Waals surface area (Å²) in [7, 11) is 0. The monoisotopic (exact) mass is 420 g/mol. The van der Waals surface area contributed by atoms with Gasteiger partial charge in [0.2, 0.25) is 5.91 Å². The number of benzene rings is 2. The summed E-state index contributed by atoms with van der Waals surface area (Å²) in [6.45, 7) is 1.52. The van der Waals surface area contributed by atoms with Gasteiger partial charge in [0, 0.05) is 28.7 Å². The fourth-order valence-corrected chi connectivity index (χ4v) is 4.72. The topological polar surface area (TPSA) is 67.9 Å². The van der Waals surface area contributed by atoms with Crippen molar-refractivity contribution in [3.8, 4) is 11.5 Å². The van der Waals surface area contributed by atoms with E-state index >= 15 is 0 Å². The van der Waals surface area contributed by atoms with Gasteiger partial charge < -0.3 is 19.7 Å². The van der Waals surface area contributed by atoms with Crippen molar-refractivity contribution in [1.29, 1.82) is 0 Å². The second-order valence-corrected chi connectivity index (χ2v) is 8.21. The third kappa shape index (κ3) is 3.52. The molecule has 3 aromatic rings. The number of ether oxygens (including phenoxy) is 2. The minimum Gasteiger partial charge on any atom is -0.486 e. The van der Waals surface area contributed by atoms with Gasteiger partial charge in [-0.15, -0.1) is 11.3 Å². The lowest BCUT2D eigenvalue weighted by molar-refractivity contribution is -0.117. The number of amides is 2. The Morgan fingerprint density at radius 1 is 1.07 bits per heavy atom. The van der Waals surface area contributed by atoms with E-state index in [4.69, 9.17) is 9.47 Å². The average Bonchev–Trinajstić information content (AvgIpc) is 3.41. The van der Waals surface area contributed by atoms with Crippen LogP contribution in [-0.2, 0) is 11.3 Å². The molecule has 0 fully saturated rings. The van der Waals surface area contributed by atoms with Crippen LogP contribution < -0.4 is 14.8 Å². The maximum Gasteiger partial charge on any atom is 0.255 e. The standard InChI is InChI=1S/C23H20N2O4S/c26-22(24-16-7-8-19-20(12-16)29-10-9-28-19)13-18(21-6-3-11-30-21)25-14-15-4-1-2-5-17(15)23(25)27/h1-8,11-12,18H,9-10,13-14H2,(H,24,26)/t18-/m1/s1. The molecule has 6 nitrogen and oxygen atoms in total. The van der Waals surface area contributed by atoms with Gasteiger partial charge in [-0.1, -0.05) is 24.3 Å². The minimum atomic E-state index is -0.317. The maximum absolute atomic E-state index is 13.0. The Morgan fingerprint density at radius 3 is 2.70 bits per heavy atom. The van der Waals surface area contributed by atoms with Crippen LogP contribution in [0.5, 0.6) is 11.5 Å². The fourth-order valence-electron chi connectivity index (χ4n) is 3.88. The summed E-state index contributed by atoms with van der Waals surface area (Å²) in [5, 5.41) is 4.90. The van der Waals surface area contributed by atoms with Crippen molar-refractivity contribution in [3.63, 3.8) is 0 Å². The smallest absolute Gasteiger partial charge is 0.255 e. The highest BCUT2D eigenvalue weighted by atomic mass is 32.1. The molecular formula is C23H20N2O4S. The van der Waals surface area contributed by atoms with E-state index in [1.54, 1.807) is 34.4 Å². The van der Waals surface area contributed by atoms with Crippen LogP contribution >= 0.6 is 11.3 Å². The molecular weight excluding hydrogens is 400 g/mol. The lowest BCUT2D eigenvalue weighted by atomic mass is 10.1. The molecule has 0 radical (unpaired) electrons. The Labute approximate surface area is 178 Å². The lowest BCUT2D eigenvalue weighted by Gasteiger charge is -2.27. The number of hydrogen-bond acceptors (Lipinski definition) is 5. The molecule has 5 rings (SSSR count). The first-order chi connectivity index (χ1) is 14.7. The van der Waals surface area contributed by atoms with Crippen molar-refractivity contribution in [2.45, 2.75) is 19.0 Å². The van der Waals surface area contributed by atoms with Gasteiger partial charge in [-0.05, 0) is 35.2 Å². The van der Waals surface area contributed by atoms with E-state index in [1.165, 1.54) is 0 Å². The SMILES string of the molecule is O=C(C[C@H](c1cccs1)N1Cc2ccccc2C1=O)Nc1ccc2c(c1)OCCO2. The number of rotatable bonds is 5. The molecule has 152 valence electrons. The highest BCUT2D eigenvalue weighted by Crippen LogP contribution is 2.36. The third-order valence-electron chi connectivity index (χ3n) is 5.30. The Bertz CT molecular complexity index is 1100. The molecule has 0 aliphatic carbocycles. The zero-order valence-corrected chi connectivity index (χ0v) is 17.0. The molecule has 1 N–H and O–H groups in total. The Hall–Kier alpha value is -3.32. The molecule has 7 heteroatoms. The molecule has 2 aromatic carbocycles. The summed E-state index contributed by atoms with van der Waals surface area (Å²) < 4.78 is 11.1. The van der Waals surface area contributed by atoms with Crippen LogP contribution in [0.3, 0.4) is 0 Å². The van der Waals surface area contributed by atoms with E-state index in [-0.39, 0.29) is 24.3 Å². The predicted molar refractivity (Wildman–Crippen MR) is 114 cm³/mol. The molecule has 0 saturated carbocycles. The van der Waals surface area contributed by atoms with Crippen LogP contribution in [0.2, 0.25) is 0 Å². The molecule has 2 aliphatic heterocycles. The Morgan fingerprint density at radius 2 is 1.90 bits per heavy atom. The second kappa shape index (κ2) is 7.84. The Kier molecular flexibility index (Phi) is 4.88. The molecule has 1 aromatic heterocycles. The van der Waals surface area contributed by atoms with Crippen LogP contribution in [0.15, 0.2) is 60.0 Å². The van der Waals surface area contributed by atoms with Crippen molar-refractivity contribution < 1.29 is 19.1 Å². The van der Waals surface area contributed by atoms with Gasteiger partial charge in [0.15, 0.2) is 11.5 Å². The van der Waals surface area contributed by atoms with Crippen molar-refractivity contribution in [2.24, 2.45) is 0 Å². The molecule has 1 atom stereocenters. The van der Waals surface area contributed by atoms with Crippen LogP contribution in [0.4, 0.5) is 5.69 Å². The molecule has 0 spiro atoms. The van der Waals surface area contributed by atoms with Gasteiger partial charge in [0.25, 0.3) is 5.91 Å². The minimum absolute atomic E-state index is 0.0314. The molecule has 0 saturated heterocycles. The van der Waals surface area contributed by atoms with Crippen LogP contribution in [0.1, 0.15) is 33.3 Å². The van der Waals surface area contributed by atoms with Gasteiger partial charge >= 0.3 is 0 Å². The molecule has 0 unspecified atom stereocenters. The summed E-state index contributed by atoms with van der Waals surface area (Å²) in [6, 6.07) is 16.6. The molecule has 3 heterocycles. The highest BCUT2D eigenvalue weighted by molar-refractivity contribution is 7.10. The van der Waals surface area contributed by atoms with Crippen LogP contribution in [0.25, 0.3) is 0 Å². The number of nitrogens with one attached hydrogen (secondary N) is 1. The van der Waals surface area contributed by atoms with Gasteiger partial charge in [-0.3, -0.25) is 9.59 Å². The maximum atomic E-state index is 13.0. The summed E-state index contributed by atoms with van der Waals surface area (Å²) in [5.74, 6) is 1.11. The van der Waals surface area contributed by atoms with Crippen LogP contribution in [-0.4, -0.2) is 29.9 Å². The number of anilines is 1. The van der Waals surface area contributed by atoms with E-state index in [1.807, 2.05) is 41.8 Å². The first-order valence-electron chi connectivity index (χ1n) is 9.81. The molecule has 0 bridgehead atoms. The van der Waals surface area contributed by atoms with E-state index in [9.17, 15) is 9.59 Å². The van der Waals surface area contributed by atoms with E-state index < -0.39 is 0 Å². The fraction of sp³-hybridized carbons (Fsp3) is 0.217. The second-order valence-electron chi connectivity index (χ2n) is 7.23. The summed E-state index contributed by atoms with van der Waals surface area (Å²) in [5.41, 5.74) is 2.35. The Balaban J connectivity index is 1.35. The third-order valence-corrected chi connectivity index (χ3v) is 6.28. The van der Waals surface area contributed by atoms with E-state index in [2.05, 4.69) is 5.32 Å². The summed E-state index contributed by atoms with van der Waals surface area (Å²) in [6.07, 6.45) is 0.175. The number of carbonyl (C=O) groups is 2. The van der Waals surface area contributed by atoms with Gasteiger partial charge in [-0.25, -0.2) is 0 Å². The lowest BCUT2D eigenvalue weighted by Crippen LogP contribution is -2.31. The van der Waals surface area contributed by atoms with Gasteiger partial charge in [-0.2, -0.15) is 0 Å². The zero-order chi connectivity index (χ0) is 20.5. The van der Waals surface area contributed by atoms with Crippen molar-refractivity contribution >= 4 is 28.8 Å². The highest BCUT2D eigenvalue weighted by Gasteiger charge is 2.34. The number of nitrogens with zero attached hydrogens (tertiary/aromatic N) is 1. The van der Waals surface area contributed by atoms with E-state index in [0.717, 1.165) is 10.4 Å². The first-order valence-corrected chi connectivity index (χ1v) is 10.7. The molecule has 2 aliphatic rings. The quantitative estimate of drug-likeness (QED) is 0.670. The van der Waals surface area contributed by atoms with Crippen molar-refractivity contribution in [3.05, 3.63) is 76.0 Å².